The van der Waals surface area contributed by atoms with Crippen molar-refractivity contribution in [3.8, 4) is 6.07 Å². The number of nitrogen functional groups attached to an aromatic ring is 1. The van der Waals surface area contributed by atoms with Gasteiger partial charge in [-0.3, -0.25) is 0 Å². The molecule has 1 aromatic heterocycles. The number of aromatic nitrogens is 2. The SMILES string of the molecule is CC(CC#N)N(C)c1cc(NN)nc(C(F)(F)F)n1. The molecule has 0 bridgehead atoms. The van der Waals surface area contributed by atoms with Gasteiger partial charge in [0.15, 0.2) is 0 Å². The molecule has 1 atom stereocenters. The number of halogens is 3. The Bertz CT molecular complexity index is 481. The fourth-order valence-electron chi connectivity index (χ4n) is 1.31. The summed E-state index contributed by atoms with van der Waals surface area (Å²) in [5.41, 5.74) is 2.06. The predicted octanol–water partition coefficient (Wildman–Crippen LogP) is 1.52. The topological polar surface area (TPSA) is 90.9 Å². The lowest BCUT2D eigenvalue weighted by molar-refractivity contribution is -0.144. The van der Waals surface area contributed by atoms with Crippen LogP contribution in [-0.2, 0) is 6.18 Å². The minimum Gasteiger partial charge on any atom is -0.356 e. The van der Waals surface area contributed by atoms with Crippen LogP contribution in [-0.4, -0.2) is 23.1 Å². The summed E-state index contributed by atoms with van der Waals surface area (Å²) in [6, 6.07) is 2.94. The van der Waals surface area contributed by atoms with Crippen molar-refractivity contribution in [2.45, 2.75) is 25.6 Å². The van der Waals surface area contributed by atoms with E-state index in [0.717, 1.165) is 0 Å². The molecule has 0 saturated heterocycles. The summed E-state index contributed by atoms with van der Waals surface area (Å²) >= 11 is 0. The lowest BCUT2D eigenvalue weighted by Gasteiger charge is -2.24. The third kappa shape index (κ3) is 3.69. The molecule has 0 saturated carbocycles. The van der Waals surface area contributed by atoms with Gasteiger partial charge in [0.25, 0.3) is 0 Å². The summed E-state index contributed by atoms with van der Waals surface area (Å²) in [4.78, 5) is 8.15. The maximum atomic E-state index is 12.6. The fraction of sp³-hybridized carbons (Fsp3) is 0.500. The highest BCUT2D eigenvalue weighted by Gasteiger charge is 2.36. The molecule has 3 N–H and O–H groups in total. The number of hydrogen-bond acceptors (Lipinski definition) is 6. The van der Waals surface area contributed by atoms with Crippen molar-refractivity contribution in [1.82, 2.24) is 9.97 Å². The highest BCUT2D eigenvalue weighted by Crippen LogP contribution is 2.29. The highest BCUT2D eigenvalue weighted by atomic mass is 19.4. The number of anilines is 2. The van der Waals surface area contributed by atoms with E-state index in [1.165, 1.54) is 11.0 Å². The Morgan fingerprint density at radius 3 is 2.63 bits per heavy atom. The summed E-state index contributed by atoms with van der Waals surface area (Å²) in [6.45, 7) is 1.70. The van der Waals surface area contributed by atoms with E-state index in [-0.39, 0.29) is 24.1 Å². The maximum Gasteiger partial charge on any atom is 0.451 e. The normalized spacial score (nSPS) is 12.7. The largest absolute Gasteiger partial charge is 0.451 e. The molecular weight excluding hydrogens is 261 g/mol. The summed E-state index contributed by atoms with van der Waals surface area (Å²) in [5, 5.41) is 8.60. The van der Waals surface area contributed by atoms with E-state index in [0.29, 0.717) is 0 Å². The van der Waals surface area contributed by atoms with Gasteiger partial charge in [0.05, 0.1) is 12.5 Å². The Labute approximate surface area is 108 Å². The van der Waals surface area contributed by atoms with Gasteiger partial charge >= 0.3 is 6.18 Å². The van der Waals surface area contributed by atoms with Gasteiger partial charge < -0.3 is 10.3 Å². The molecule has 1 unspecified atom stereocenters. The summed E-state index contributed by atoms with van der Waals surface area (Å²) < 4.78 is 37.9. The maximum absolute atomic E-state index is 12.6. The Morgan fingerprint density at radius 2 is 2.16 bits per heavy atom. The van der Waals surface area contributed by atoms with E-state index < -0.39 is 12.0 Å². The number of alkyl halides is 3. The molecule has 1 rings (SSSR count). The Kier molecular flexibility index (Phi) is 4.50. The van der Waals surface area contributed by atoms with Crippen molar-refractivity contribution in [2.24, 2.45) is 5.84 Å². The van der Waals surface area contributed by atoms with Gasteiger partial charge in [-0.05, 0) is 6.92 Å². The molecule has 9 heteroatoms. The zero-order valence-electron chi connectivity index (χ0n) is 10.4. The van der Waals surface area contributed by atoms with Crippen molar-refractivity contribution < 1.29 is 13.2 Å². The highest BCUT2D eigenvalue weighted by molar-refractivity contribution is 5.49. The zero-order valence-corrected chi connectivity index (χ0v) is 10.4. The Balaban J connectivity index is 3.17. The molecule has 0 aliphatic carbocycles. The van der Waals surface area contributed by atoms with Crippen molar-refractivity contribution in [1.29, 1.82) is 5.26 Å². The van der Waals surface area contributed by atoms with Crippen LogP contribution in [0, 0.1) is 11.3 Å². The lowest BCUT2D eigenvalue weighted by atomic mass is 10.2. The van der Waals surface area contributed by atoms with Gasteiger partial charge in [-0.15, -0.1) is 0 Å². The molecule has 0 aliphatic rings. The minimum absolute atomic E-state index is 0.0398. The second-order valence-corrected chi connectivity index (χ2v) is 3.90. The number of nitrogens with zero attached hydrogens (tertiary/aromatic N) is 4. The second-order valence-electron chi connectivity index (χ2n) is 3.90. The molecule has 1 aromatic rings. The standard InChI is InChI=1S/C10H13F3N6/c1-6(3-4-14)19(2)8-5-7(18-15)16-9(17-8)10(11,12)13/h5-6H,3,15H2,1-2H3,(H,16,17,18). The third-order valence-electron chi connectivity index (χ3n) is 2.52. The Hall–Kier alpha value is -2.08. The van der Waals surface area contributed by atoms with Gasteiger partial charge in [0.2, 0.25) is 5.82 Å². The van der Waals surface area contributed by atoms with Crippen LogP contribution < -0.4 is 16.2 Å². The number of nitrogens with one attached hydrogen (secondary N) is 1. The summed E-state index contributed by atoms with van der Waals surface area (Å²) in [6.07, 6.45) is -4.51. The third-order valence-corrected chi connectivity index (χ3v) is 2.52. The van der Waals surface area contributed by atoms with E-state index in [2.05, 4.69) is 15.4 Å². The first-order chi connectivity index (χ1) is 8.79. The molecule has 6 nitrogen and oxygen atoms in total. The average Bonchev–Trinajstić information content (AvgIpc) is 2.36. The number of rotatable bonds is 4. The molecular formula is C10H13F3N6. The fourth-order valence-corrected chi connectivity index (χ4v) is 1.31. The first kappa shape index (κ1) is 15.0. The van der Waals surface area contributed by atoms with E-state index in [9.17, 15) is 13.2 Å². The molecule has 0 radical (unpaired) electrons. The van der Waals surface area contributed by atoms with Crippen LogP contribution in [0.15, 0.2) is 6.07 Å². The van der Waals surface area contributed by atoms with Crippen LogP contribution in [0.25, 0.3) is 0 Å². The van der Waals surface area contributed by atoms with Crippen LogP contribution in [0.5, 0.6) is 0 Å². The quantitative estimate of drug-likeness (QED) is 0.639. The predicted molar refractivity (Wildman–Crippen MR) is 62.9 cm³/mol. The first-order valence-corrected chi connectivity index (χ1v) is 5.32. The van der Waals surface area contributed by atoms with E-state index in [1.807, 2.05) is 6.07 Å². The zero-order chi connectivity index (χ0) is 14.6. The van der Waals surface area contributed by atoms with Gasteiger partial charge in [-0.1, -0.05) is 0 Å². The summed E-state index contributed by atoms with van der Waals surface area (Å²) in [7, 11) is 1.55. The van der Waals surface area contributed by atoms with Crippen molar-refractivity contribution in [2.75, 3.05) is 17.4 Å². The minimum atomic E-state index is -4.67. The molecule has 0 fully saturated rings. The van der Waals surface area contributed by atoms with E-state index in [4.69, 9.17) is 11.1 Å². The molecule has 104 valence electrons. The number of hydrazine groups is 1. The molecule has 19 heavy (non-hydrogen) atoms. The van der Waals surface area contributed by atoms with E-state index in [1.54, 1.807) is 14.0 Å². The van der Waals surface area contributed by atoms with Gasteiger partial charge in [-0.25, -0.2) is 15.8 Å². The average molecular weight is 274 g/mol. The van der Waals surface area contributed by atoms with E-state index >= 15 is 0 Å². The molecule has 1 heterocycles. The Morgan fingerprint density at radius 1 is 1.53 bits per heavy atom. The van der Waals surface area contributed by atoms with Crippen LogP contribution in [0.1, 0.15) is 19.2 Å². The lowest BCUT2D eigenvalue weighted by Crippen LogP contribution is -2.30. The van der Waals surface area contributed by atoms with Gasteiger partial charge in [-0.2, -0.15) is 18.4 Å². The smallest absolute Gasteiger partial charge is 0.356 e. The van der Waals surface area contributed by atoms with Gasteiger partial charge in [0, 0.05) is 19.2 Å². The van der Waals surface area contributed by atoms with Crippen LogP contribution in [0.2, 0.25) is 0 Å². The van der Waals surface area contributed by atoms with Crippen LogP contribution >= 0.6 is 0 Å². The van der Waals surface area contributed by atoms with Crippen LogP contribution in [0.3, 0.4) is 0 Å². The second kappa shape index (κ2) is 5.71. The molecule has 0 spiro atoms. The molecule has 0 amide bonds. The van der Waals surface area contributed by atoms with Crippen molar-refractivity contribution in [3.63, 3.8) is 0 Å². The van der Waals surface area contributed by atoms with Crippen molar-refractivity contribution in [3.05, 3.63) is 11.9 Å². The molecule has 0 aliphatic heterocycles. The van der Waals surface area contributed by atoms with Crippen LogP contribution in [0.4, 0.5) is 24.8 Å². The monoisotopic (exact) mass is 274 g/mol. The number of nitrogens with two attached hydrogens (primary N) is 1. The number of hydrogen-bond donors (Lipinski definition) is 2. The molecule has 0 aromatic carbocycles. The van der Waals surface area contributed by atoms with Gasteiger partial charge in [0.1, 0.15) is 11.6 Å². The van der Waals surface area contributed by atoms with Crippen molar-refractivity contribution >= 4 is 11.6 Å². The number of nitriles is 1. The first-order valence-electron chi connectivity index (χ1n) is 5.32. The summed E-state index contributed by atoms with van der Waals surface area (Å²) in [5.74, 6) is 3.70.